The van der Waals surface area contributed by atoms with Crippen molar-refractivity contribution in [2.45, 2.75) is 51.6 Å². The van der Waals surface area contributed by atoms with Crippen LogP contribution in [0.1, 0.15) is 46.0 Å². The molecule has 3 nitrogen and oxygen atoms in total. The maximum atomic E-state index is 11.5. The highest BCUT2D eigenvalue weighted by molar-refractivity contribution is 5.84. The van der Waals surface area contributed by atoms with Gasteiger partial charge in [0.25, 0.3) is 0 Å². The monoisotopic (exact) mass is 196 g/mol. The zero-order valence-electron chi connectivity index (χ0n) is 8.76. The SMILES string of the molecule is CC1(C)CC2(CCCC(=O)C2)OC1=O. The molecule has 0 amide bonds. The fourth-order valence-electron chi connectivity index (χ4n) is 2.63. The molecule has 1 atom stereocenters. The molecule has 78 valence electrons. The van der Waals surface area contributed by atoms with Gasteiger partial charge in [0.15, 0.2) is 0 Å². The lowest BCUT2D eigenvalue weighted by Crippen LogP contribution is -2.35. The van der Waals surface area contributed by atoms with Gasteiger partial charge in [0, 0.05) is 19.3 Å². The van der Waals surface area contributed by atoms with E-state index < -0.39 is 11.0 Å². The largest absolute Gasteiger partial charge is 0.458 e. The summed E-state index contributed by atoms with van der Waals surface area (Å²) in [4.78, 5) is 22.9. The van der Waals surface area contributed by atoms with Gasteiger partial charge < -0.3 is 4.74 Å². The van der Waals surface area contributed by atoms with Gasteiger partial charge in [0.05, 0.1) is 5.41 Å². The fraction of sp³-hybridized carbons (Fsp3) is 0.818. The second-order valence-corrected chi connectivity index (χ2v) is 5.20. The highest BCUT2D eigenvalue weighted by Gasteiger charge is 2.52. The van der Waals surface area contributed by atoms with Crippen molar-refractivity contribution in [2.24, 2.45) is 5.41 Å². The van der Waals surface area contributed by atoms with Crippen molar-refractivity contribution in [3.05, 3.63) is 0 Å². The van der Waals surface area contributed by atoms with Crippen LogP contribution in [0, 0.1) is 5.41 Å². The Balaban J connectivity index is 2.19. The molecule has 0 aromatic rings. The number of rotatable bonds is 0. The third-order valence-corrected chi connectivity index (χ3v) is 3.23. The number of hydrogen-bond donors (Lipinski definition) is 0. The first-order chi connectivity index (χ1) is 6.44. The van der Waals surface area contributed by atoms with E-state index in [4.69, 9.17) is 4.74 Å². The number of hydrogen-bond acceptors (Lipinski definition) is 3. The van der Waals surface area contributed by atoms with E-state index in [-0.39, 0.29) is 11.8 Å². The maximum absolute atomic E-state index is 11.5. The number of esters is 1. The Morgan fingerprint density at radius 1 is 1.29 bits per heavy atom. The zero-order chi connectivity index (χ0) is 10.4. The van der Waals surface area contributed by atoms with Gasteiger partial charge in [0.2, 0.25) is 0 Å². The van der Waals surface area contributed by atoms with Gasteiger partial charge in [-0.25, -0.2) is 0 Å². The molecule has 0 aromatic carbocycles. The van der Waals surface area contributed by atoms with E-state index in [1.54, 1.807) is 0 Å². The van der Waals surface area contributed by atoms with Crippen molar-refractivity contribution < 1.29 is 14.3 Å². The lowest BCUT2D eigenvalue weighted by atomic mass is 9.76. The molecule has 1 saturated heterocycles. The van der Waals surface area contributed by atoms with Gasteiger partial charge in [-0.05, 0) is 26.7 Å². The van der Waals surface area contributed by atoms with E-state index in [1.165, 1.54) is 0 Å². The second kappa shape index (κ2) is 2.81. The minimum absolute atomic E-state index is 0.146. The predicted octanol–water partition coefficient (Wildman–Crippen LogP) is 1.84. The third-order valence-electron chi connectivity index (χ3n) is 3.23. The molecular formula is C11H16O3. The molecule has 1 aliphatic heterocycles. The molecule has 1 spiro atoms. The molecule has 2 aliphatic rings. The Hall–Kier alpha value is -0.860. The van der Waals surface area contributed by atoms with E-state index in [0.29, 0.717) is 19.3 Å². The van der Waals surface area contributed by atoms with Crippen molar-refractivity contribution in [1.82, 2.24) is 0 Å². The molecule has 1 aliphatic carbocycles. The minimum atomic E-state index is -0.448. The van der Waals surface area contributed by atoms with E-state index in [9.17, 15) is 9.59 Å². The molecule has 1 heterocycles. The Morgan fingerprint density at radius 2 is 2.00 bits per heavy atom. The van der Waals surface area contributed by atoms with Gasteiger partial charge >= 0.3 is 5.97 Å². The molecule has 2 rings (SSSR count). The summed E-state index contributed by atoms with van der Waals surface area (Å²) in [5, 5.41) is 0. The van der Waals surface area contributed by atoms with E-state index in [0.717, 1.165) is 12.8 Å². The molecule has 0 N–H and O–H groups in total. The highest BCUT2D eigenvalue weighted by Crippen LogP contribution is 2.46. The first-order valence-electron chi connectivity index (χ1n) is 5.19. The average molecular weight is 196 g/mol. The first-order valence-corrected chi connectivity index (χ1v) is 5.19. The summed E-state index contributed by atoms with van der Waals surface area (Å²) in [7, 11) is 0. The molecule has 0 radical (unpaired) electrons. The molecule has 14 heavy (non-hydrogen) atoms. The average Bonchev–Trinajstić information content (AvgIpc) is 2.21. The van der Waals surface area contributed by atoms with Crippen molar-refractivity contribution in [2.75, 3.05) is 0 Å². The van der Waals surface area contributed by atoms with E-state index in [2.05, 4.69) is 0 Å². The summed E-state index contributed by atoms with van der Waals surface area (Å²) < 4.78 is 5.42. The topological polar surface area (TPSA) is 43.4 Å². The minimum Gasteiger partial charge on any atom is -0.458 e. The maximum Gasteiger partial charge on any atom is 0.312 e. The van der Waals surface area contributed by atoms with Crippen LogP contribution in [0.25, 0.3) is 0 Å². The molecule has 3 heteroatoms. The van der Waals surface area contributed by atoms with Crippen LogP contribution in [-0.2, 0) is 14.3 Å². The van der Waals surface area contributed by atoms with Crippen LogP contribution in [0.2, 0.25) is 0 Å². The zero-order valence-corrected chi connectivity index (χ0v) is 8.76. The summed E-state index contributed by atoms with van der Waals surface area (Å²) in [6, 6.07) is 0. The van der Waals surface area contributed by atoms with E-state index in [1.807, 2.05) is 13.8 Å². The number of carbonyl (C=O) groups is 2. The van der Waals surface area contributed by atoms with Crippen molar-refractivity contribution in [1.29, 1.82) is 0 Å². The summed E-state index contributed by atoms with van der Waals surface area (Å²) in [6.45, 7) is 3.78. The highest BCUT2D eigenvalue weighted by atomic mass is 16.6. The van der Waals surface area contributed by atoms with Gasteiger partial charge in [0.1, 0.15) is 11.4 Å². The Bertz CT molecular complexity index is 293. The van der Waals surface area contributed by atoms with Gasteiger partial charge in [-0.15, -0.1) is 0 Å². The molecular weight excluding hydrogens is 180 g/mol. The number of ketones is 1. The van der Waals surface area contributed by atoms with Gasteiger partial charge in [-0.2, -0.15) is 0 Å². The van der Waals surface area contributed by atoms with Crippen LogP contribution in [0.5, 0.6) is 0 Å². The van der Waals surface area contributed by atoms with Crippen LogP contribution >= 0.6 is 0 Å². The normalized spacial score (nSPS) is 36.1. The lowest BCUT2D eigenvalue weighted by Gasteiger charge is -2.31. The molecule has 2 fully saturated rings. The fourth-order valence-corrected chi connectivity index (χ4v) is 2.63. The number of ether oxygens (including phenoxy) is 1. The summed E-state index contributed by atoms with van der Waals surface area (Å²) in [5.41, 5.74) is -0.854. The molecule has 1 unspecified atom stereocenters. The van der Waals surface area contributed by atoms with Gasteiger partial charge in [-0.3, -0.25) is 9.59 Å². The van der Waals surface area contributed by atoms with Gasteiger partial charge in [-0.1, -0.05) is 0 Å². The standard InChI is InChI=1S/C11H16O3/c1-10(2)7-11(14-9(10)13)5-3-4-8(12)6-11/h3-7H2,1-2H3. The molecule has 0 aromatic heterocycles. The van der Waals surface area contributed by atoms with Crippen molar-refractivity contribution in [3.8, 4) is 0 Å². The van der Waals surface area contributed by atoms with Crippen LogP contribution in [-0.4, -0.2) is 17.4 Å². The number of carbonyl (C=O) groups excluding carboxylic acids is 2. The summed E-state index contributed by atoms with van der Waals surface area (Å²) in [5.74, 6) is 0.0916. The van der Waals surface area contributed by atoms with Crippen LogP contribution in [0.3, 0.4) is 0 Å². The molecule has 0 bridgehead atoms. The number of Topliss-reactive ketones (excluding diaryl/α,β-unsaturated/α-hetero) is 1. The second-order valence-electron chi connectivity index (χ2n) is 5.20. The predicted molar refractivity (Wildman–Crippen MR) is 50.7 cm³/mol. The summed E-state index contributed by atoms with van der Waals surface area (Å²) in [6.07, 6.45) is 3.50. The Morgan fingerprint density at radius 3 is 2.50 bits per heavy atom. The first kappa shape index (κ1) is 9.69. The summed E-state index contributed by atoms with van der Waals surface area (Å²) >= 11 is 0. The van der Waals surface area contributed by atoms with Crippen LogP contribution in [0.4, 0.5) is 0 Å². The Kier molecular flexibility index (Phi) is 1.95. The quantitative estimate of drug-likeness (QED) is 0.555. The van der Waals surface area contributed by atoms with Crippen LogP contribution in [0.15, 0.2) is 0 Å². The smallest absolute Gasteiger partial charge is 0.312 e. The lowest BCUT2D eigenvalue weighted by molar-refractivity contribution is -0.156. The third kappa shape index (κ3) is 1.45. The van der Waals surface area contributed by atoms with E-state index >= 15 is 0 Å². The van der Waals surface area contributed by atoms with Crippen molar-refractivity contribution >= 4 is 11.8 Å². The molecule has 1 saturated carbocycles. The Labute approximate surface area is 83.8 Å². The van der Waals surface area contributed by atoms with Crippen molar-refractivity contribution in [3.63, 3.8) is 0 Å². The van der Waals surface area contributed by atoms with Crippen LogP contribution < -0.4 is 0 Å².